The molecule has 0 saturated carbocycles. The minimum absolute atomic E-state index is 0. The largest absolute Gasteiger partial charge is 2.00 e. The summed E-state index contributed by atoms with van der Waals surface area (Å²) in [6.07, 6.45) is 2.52. The number of rotatable bonds is 7. The third-order valence-electron chi connectivity index (χ3n) is 1.46. The Morgan fingerprint density at radius 2 is 1.89 bits per heavy atom. The van der Waals surface area contributed by atoms with Gasteiger partial charge < -0.3 is 12.3 Å². The zero-order valence-electron chi connectivity index (χ0n) is 12.0. The third-order valence-corrected chi connectivity index (χ3v) is 2.14. The number of ether oxygens (including phenoxy) is 2. The van der Waals surface area contributed by atoms with Crippen molar-refractivity contribution in [1.29, 1.82) is 0 Å². The Hall–Kier alpha value is -0.644. The minimum Gasteiger partial charge on any atom is -1.00 e. The molecule has 0 aliphatic rings. The molecule has 18 heavy (non-hydrogen) atoms. The minimum atomic E-state index is -4.13. The first-order valence-electron chi connectivity index (χ1n) is 4.75. The standard InChI is InChI=1S/C9H14O7S.Mg.2H/c1-2-3-8(10)15-5-4-9(11)16-6-7-17(12,13)14;;;/h2-3H,4-7H2,1H3,(H,12,13,14);;;/q;+2;2*-1. The fourth-order valence-electron chi connectivity index (χ4n) is 0.752. The fourth-order valence-corrected chi connectivity index (χ4v) is 1.05. The van der Waals surface area contributed by atoms with Gasteiger partial charge in [0.05, 0.1) is 6.42 Å². The third kappa shape index (κ3) is 13.4. The molecule has 0 aromatic rings. The molecule has 9 heteroatoms. The molecule has 0 aliphatic heterocycles. The van der Waals surface area contributed by atoms with Crippen LogP contribution in [0, 0.1) is 0 Å². The molecule has 0 amide bonds. The van der Waals surface area contributed by atoms with Crippen molar-refractivity contribution in [2.24, 2.45) is 0 Å². The second-order valence-electron chi connectivity index (χ2n) is 2.92. The van der Waals surface area contributed by atoms with E-state index in [2.05, 4.69) is 9.47 Å². The molecule has 7 nitrogen and oxygen atoms in total. The second-order valence-corrected chi connectivity index (χ2v) is 4.50. The molecule has 1 N–H and O–H groups in total. The quantitative estimate of drug-likeness (QED) is 0.299. The maximum atomic E-state index is 11.0. The van der Waals surface area contributed by atoms with Crippen molar-refractivity contribution in [3.63, 3.8) is 0 Å². The molecular weight excluding hydrogens is 276 g/mol. The van der Waals surface area contributed by atoms with Crippen LogP contribution in [-0.4, -0.2) is 66.9 Å². The number of hydrogen-bond donors (Lipinski definition) is 1. The second kappa shape index (κ2) is 10.3. The molecule has 0 spiro atoms. The van der Waals surface area contributed by atoms with Crippen LogP contribution in [0.2, 0.25) is 0 Å². The van der Waals surface area contributed by atoms with Gasteiger partial charge in [0.25, 0.3) is 10.1 Å². The van der Waals surface area contributed by atoms with Gasteiger partial charge in [0.1, 0.15) is 19.0 Å². The van der Waals surface area contributed by atoms with Gasteiger partial charge in [-0.2, -0.15) is 8.42 Å². The van der Waals surface area contributed by atoms with E-state index in [4.69, 9.17) is 4.55 Å². The van der Waals surface area contributed by atoms with Crippen molar-refractivity contribution in [3.8, 4) is 0 Å². The Morgan fingerprint density at radius 1 is 1.28 bits per heavy atom. The van der Waals surface area contributed by atoms with Crippen molar-refractivity contribution in [2.45, 2.75) is 13.3 Å². The summed E-state index contributed by atoms with van der Waals surface area (Å²) in [5.41, 5.74) is 0. The van der Waals surface area contributed by atoms with Crippen LogP contribution >= 0.6 is 0 Å². The van der Waals surface area contributed by atoms with Gasteiger partial charge >= 0.3 is 35.0 Å². The van der Waals surface area contributed by atoms with E-state index >= 15 is 0 Å². The molecule has 0 heterocycles. The van der Waals surface area contributed by atoms with E-state index in [0.717, 1.165) is 0 Å². The predicted octanol–water partition coefficient (Wildman–Crippen LogP) is -0.229. The Labute approximate surface area is 124 Å². The van der Waals surface area contributed by atoms with Crippen molar-refractivity contribution in [1.82, 2.24) is 0 Å². The monoisotopic (exact) mass is 292 g/mol. The molecule has 0 aromatic heterocycles. The molecule has 0 saturated heterocycles. The summed E-state index contributed by atoms with van der Waals surface area (Å²) in [5.74, 6) is -1.93. The van der Waals surface area contributed by atoms with E-state index in [9.17, 15) is 18.0 Å². The Bertz CT molecular complexity index is 397. The zero-order valence-corrected chi connectivity index (χ0v) is 12.2. The molecule has 0 bridgehead atoms. The number of carbonyl (C=O) groups is 2. The number of esters is 2. The van der Waals surface area contributed by atoms with Crippen LogP contribution in [-0.2, 0) is 29.2 Å². The molecule has 102 valence electrons. The molecule has 0 unspecified atom stereocenters. The van der Waals surface area contributed by atoms with Crippen molar-refractivity contribution in [3.05, 3.63) is 12.2 Å². The smallest absolute Gasteiger partial charge is 1.00 e. The Morgan fingerprint density at radius 3 is 2.39 bits per heavy atom. The first-order valence-corrected chi connectivity index (χ1v) is 6.36. The molecular formula is C9H16MgO7S. The Balaban J connectivity index is -0.000000427. The van der Waals surface area contributed by atoms with Crippen molar-refractivity contribution in [2.75, 3.05) is 19.0 Å². The van der Waals surface area contributed by atoms with Crippen molar-refractivity contribution < 1.29 is 34.9 Å². The van der Waals surface area contributed by atoms with Gasteiger partial charge in [-0.05, 0) is 6.92 Å². The first-order chi connectivity index (χ1) is 7.85. The van der Waals surface area contributed by atoms with Crippen molar-refractivity contribution >= 4 is 45.1 Å². The summed E-state index contributed by atoms with van der Waals surface area (Å²) >= 11 is 0. The van der Waals surface area contributed by atoms with Gasteiger partial charge in [-0.25, -0.2) is 4.79 Å². The Kier molecular flexibility index (Phi) is 11.3. The molecule has 0 atom stereocenters. The van der Waals surface area contributed by atoms with Crippen LogP contribution in [0.4, 0.5) is 0 Å². The summed E-state index contributed by atoms with van der Waals surface area (Å²) in [6.45, 7) is 1.07. The van der Waals surface area contributed by atoms with Crippen LogP contribution in [0.3, 0.4) is 0 Å². The summed E-state index contributed by atoms with van der Waals surface area (Å²) in [6, 6.07) is 0. The van der Waals surface area contributed by atoms with Crippen LogP contribution in [0.1, 0.15) is 16.2 Å². The molecule has 0 fully saturated rings. The van der Waals surface area contributed by atoms with E-state index in [1.54, 1.807) is 6.92 Å². The van der Waals surface area contributed by atoms with Gasteiger partial charge in [-0.15, -0.1) is 0 Å². The number of hydrogen-bond acceptors (Lipinski definition) is 6. The summed E-state index contributed by atoms with van der Waals surface area (Å²) in [5, 5.41) is 0. The van der Waals surface area contributed by atoms with E-state index < -0.39 is 34.4 Å². The topological polar surface area (TPSA) is 107 Å². The van der Waals surface area contributed by atoms with Gasteiger partial charge in [-0.1, -0.05) is 6.08 Å². The van der Waals surface area contributed by atoms with Crippen LogP contribution in [0.15, 0.2) is 12.2 Å². The van der Waals surface area contributed by atoms with Gasteiger partial charge in [0.15, 0.2) is 0 Å². The number of allylic oxidation sites excluding steroid dienone is 1. The van der Waals surface area contributed by atoms with Gasteiger partial charge in [0, 0.05) is 6.08 Å². The molecule has 0 radical (unpaired) electrons. The number of carbonyl (C=O) groups excluding carboxylic acids is 2. The van der Waals surface area contributed by atoms with Crippen LogP contribution in [0.25, 0.3) is 0 Å². The predicted molar refractivity (Wildman–Crippen MR) is 65.7 cm³/mol. The average molecular weight is 293 g/mol. The van der Waals surface area contributed by atoms with E-state index in [-0.39, 0.29) is 38.9 Å². The zero-order chi connectivity index (χ0) is 13.3. The maximum absolute atomic E-state index is 11.0. The summed E-state index contributed by atoms with van der Waals surface area (Å²) in [4.78, 5) is 21.8. The van der Waals surface area contributed by atoms with E-state index in [0.29, 0.717) is 0 Å². The summed E-state index contributed by atoms with van der Waals surface area (Å²) in [7, 11) is -4.13. The van der Waals surface area contributed by atoms with Crippen LogP contribution in [0.5, 0.6) is 0 Å². The first kappa shape index (κ1) is 19.7. The van der Waals surface area contributed by atoms with E-state index in [1.165, 1.54) is 12.2 Å². The fraction of sp³-hybridized carbons (Fsp3) is 0.556. The van der Waals surface area contributed by atoms with E-state index in [1.807, 2.05) is 0 Å². The molecule has 0 rings (SSSR count). The van der Waals surface area contributed by atoms with Crippen LogP contribution < -0.4 is 0 Å². The normalized spacial score (nSPS) is 10.8. The van der Waals surface area contributed by atoms with Gasteiger partial charge in [0.2, 0.25) is 0 Å². The summed E-state index contributed by atoms with van der Waals surface area (Å²) < 4.78 is 38.0. The SMILES string of the molecule is CC=CC(=O)OCCC(=O)OCCS(=O)(=O)O.[H-].[H-].[Mg+2]. The maximum Gasteiger partial charge on any atom is 2.00 e. The average Bonchev–Trinajstić information content (AvgIpc) is 2.16. The molecule has 0 aliphatic carbocycles. The molecule has 0 aromatic carbocycles. The van der Waals surface area contributed by atoms with Gasteiger partial charge in [-0.3, -0.25) is 9.35 Å².